The zero-order valence-corrected chi connectivity index (χ0v) is 10.5. The summed E-state index contributed by atoms with van der Waals surface area (Å²) in [6.45, 7) is 0. The number of hydrogen-bond donors (Lipinski definition) is 2. The molecule has 0 radical (unpaired) electrons. The van der Waals surface area contributed by atoms with Crippen molar-refractivity contribution in [1.82, 2.24) is 15.2 Å². The number of fused-ring (bicyclic) bond motifs is 2. The second-order valence-electron chi connectivity index (χ2n) is 4.71. The Morgan fingerprint density at radius 3 is 2.80 bits per heavy atom. The molecule has 4 rings (SSSR count). The smallest absolute Gasteiger partial charge is 0.116 e. The number of H-pyrrole nitrogens is 2. The molecule has 2 aromatic carbocycles. The van der Waals surface area contributed by atoms with Crippen molar-refractivity contribution in [3.05, 3.63) is 54.1 Å². The van der Waals surface area contributed by atoms with E-state index >= 15 is 0 Å². The van der Waals surface area contributed by atoms with Crippen LogP contribution in [0.25, 0.3) is 33.2 Å². The normalized spacial score (nSPS) is 10.9. The largest absolute Gasteiger partial charge is 0.353 e. The highest BCUT2D eigenvalue weighted by molar-refractivity contribution is 5.95. The molecule has 4 aromatic rings. The van der Waals surface area contributed by atoms with Gasteiger partial charge in [0.15, 0.2) is 0 Å². The van der Waals surface area contributed by atoms with E-state index in [1.165, 1.54) is 0 Å². The number of nitrogens with zero attached hydrogens (tertiary/aromatic N) is 2. The van der Waals surface area contributed by atoms with E-state index in [0.717, 1.165) is 33.2 Å². The van der Waals surface area contributed by atoms with Gasteiger partial charge in [0.2, 0.25) is 0 Å². The van der Waals surface area contributed by atoms with Crippen molar-refractivity contribution in [3.63, 3.8) is 0 Å². The number of nitrogens with one attached hydrogen (secondary N) is 2. The van der Waals surface area contributed by atoms with E-state index in [0.29, 0.717) is 5.56 Å². The van der Waals surface area contributed by atoms with Crippen molar-refractivity contribution in [1.29, 1.82) is 5.26 Å². The van der Waals surface area contributed by atoms with Gasteiger partial charge in [0.05, 0.1) is 22.8 Å². The molecule has 0 atom stereocenters. The molecule has 0 amide bonds. The Bertz CT molecular complexity index is 969. The van der Waals surface area contributed by atoms with Gasteiger partial charge in [-0.25, -0.2) is 0 Å². The second-order valence-corrected chi connectivity index (χ2v) is 4.71. The molecule has 0 aliphatic rings. The lowest BCUT2D eigenvalue weighted by atomic mass is 10.1. The molecule has 0 aliphatic carbocycles. The molecular formula is C16H10N4. The average molecular weight is 258 g/mol. The van der Waals surface area contributed by atoms with Crippen LogP contribution in [0.2, 0.25) is 0 Å². The minimum Gasteiger partial charge on any atom is -0.353 e. The number of nitriles is 1. The summed E-state index contributed by atoms with van der Waals surface area (Å²) in [6.07, 6.45) is 0. The molecule has 4 nitrogen and oxygen atoms in total. The van der Waals surface area contributed by atoms with E-state index in [-0.39, 0.29) is 0 Å². The van der Waals surface area contributed by atoms with Gasteiger partial charge in [-0.15, -0.1) is 0 Å². The van der Waals surface area contributed by atoms with E-state index < -0.39 is 0 Å². The van der Waals surface area contributed by atoms with E-state index in [1.54, 1.807) is 0 Å². The minimum atomic E-state index is 0.662. The first kappa shape index (κ1) is 10.8. The van der Waals surface area contributed by atoms with Crippen LogP contribution >= 0.6 is 0 Å². The van der Waals surface area contributed by atoms with Crippen LogP contribution in [-0.4, -0.2) is 15.2 Å². The summed E-state index contributed by atoms with van der Waals surface area (Å²) < 4.78 is 0. The van der Waals surface area contributed by atoms with Crippen molar-refractivity contribution in [2.75, 3.05) is 0 Å². The second kappa shape index (κ2) is 3.97. The summed E-state index contributed by atoms with van der Waals surface area (Å²) in [7, 11) is 0. The maximum absolute atomic E-state index is 8.95. The molecule has 20 heavy (non-hydrogen) atoms. The molecule has 0 saturated carbocycles. The third kappa shape index (κ3) is 1.50. The summed E-state index contributed by atoms with van der Waals surface area (Å²) in [4.78, 5) is 3.35. The predicted molar refractivity (Wildman–Crippen MR) is 78.1 cm³/mol. The van der Waals surface area contributed by atoms with E-state index in [2.05, 4.69) is 21.3 Å². The number of para-hydroxylation sites is 1. The van der Waals surface area contributed by atoms with Crippen LogP contribution in [0.5, 0.6) is 0 Å². The zero-order valence-electron chi connectivity index (χ0n) is 10.5. The molecule has 2 aromatic heterocycles. The number of rotatable bonds is 1. The maximum Gasteiger partial charge on any atom is 0.116 e. The van der Waals surface area contributed by atoms with Gasteiger partial charge in [0.1, 0.15) is 5.69 Å². The average Bonchev–Trinajstić information content (AvgIpc) is 3.09. The summed E-state index contributed by atoms with van der Waals surface area (Å²) in [6, 6.07) is 17.8. The highest BCUT2D eigenvalue weighted by Crippen LogP contribution is 2.28. The topological polar surface area (TPSA) is 68.3 Å². The fraction of sp³-hybridized carbons (Fsp3) is 0. The van der Waals surface area contributed by atoms with Crippen molar-refractivity contribution in [2.45, 2.75) is 0 Å². The highest BCUT2D eigenvalue weighted by atomic mass is 15.1. The fourth-order valence-electron chi connectivity index (χ4n) is 2.50. The van der Waals surface area contributed by atoms with Crippen molar-refractivity contribution in [2.24, 2.45) is 0 Å². The highest BCUT2D eigenvalue weighted by Gasteiger charge is 2.10. The van der Waals surface area contributed by atoms with Gasteiger partial charge < -0.3 is 4.98 Å². The summed E-state index contributed by atoms with van der Waals surface area (Å²) >= 11 is 0. The number of hydrogen-bond acceptors (Lipinski definition) is 2. The van der Waals surface area contributed by atoms with E-state index in [4.69, 9.17) is 5.26 Å². The molecule has 0 spiro atoms. The van der Waals surface area contributed by atoms with Crippen LogP contribution in [-0.2, 0) is 0 Å². The standard InChI is InChI=1S/C16H10N4/c17-9-10-5-6-13-11(7-10)8-15(18-13)16-12-3-1-2-4-14(12)19-20-16/h1-8,18H,(H,19,20). The van der Waals surface area contributed by atoms with Gasteiger partial charge in [0.25, 0.3) is 0 Å². The molecule has 94 valence electrons. The molecule has 2 heterocycles. The molecule has 4 heteroatoms. The lowest BCUT2D eigenvalue weighted by Gasteiger charge is -1.92. The van der Waals surface area contributed by atoms with Gasteiger partial charge in [-0.2, -0.15) is 10.4 Å². The number of aromatic amines is 2. The Morgan fingerprint density at radius 1 is 1.00 bits per heavy atom. The lowest BCUT2D eigenvalue weighted by Crippen LogP contribution is -1.77. The van der Waals surface area contributed by atoms with Gasteiger partial charge in [-0.05, 0) is 30.3 Å². The van der Waals surface area contributed by atoms with Crippen LogP contribution < -0.4 is 0 Å². The Morgan fingerprint density at radius 2 is 1.90 bits per heavy atom. The van der Waals surface area contributed by atoms with Crippen LogP contribution in [0.3, 0.4) is 0 Å². The van der Waals surface area contributed by atoms with Crippen molar-refractivity contribution in [3.8, 4) is 17.5 Å². The molecular weight excluding hydrogens is 248 g/mol. The maximum atomic E-state index is 8.95. The first-order valence-electron chi connectivity index (χ1n) is 6.31. The molecule has 0 aliphatic heterocycles. The summed E-state index contributed by atoms with van der Waals surface area (Å²) in [5.41, 5.74) is 4.53. The van der Waals surface area contributed by atoms with Crippen LogP contribution in [0.4, 0.5) is 0 Å². The summed E-state index contributed by atoms with van der Waals surface area (Å²) in [5.74, 6) is 0. The minimum absolute atomic E-state index is 0.662. The number of aromatic nitrogens is 3. The van der Waals surface area contributed by atoms with Gasteiger partial charge in [-0.1, -0.05) is 18.2 Å². The fourth-order valence-corrected chi connectivity index (χ4v) is 2.50. The van der Waals surface area contributed by atoms with Gasteiger partial charge in [0, 0.05) is 16.3 Å². The van der Waals surface area contributed by atoms with Crippen LogP contribution in [0, 0.1) is 11.3 Å². The third-order valence-electron chi connectivity index (χ3n) is 3.48. The lowest BCUT2D eigenvalue weighted by molar-refractivity contribution is 1.12. The van der Waals surface area contributed by atoms with E-state index in [1.807, 2.05) is 48.5 Å². The van der Waals surface area contributed by atoms with Gasteiger partial charge in [-0.3, -0.25) is 5.10 Å². The molecule has 0 unspecified atom stereocenters. The Hall–Kier alpha value is -3.06. The first-order valence-corrected chi connectivity index (χ1v) is 6.31. The first-order chi connectivity index (χ1) is 9.85. The molecule has 0 fully saturated rings. The summed E-state index contributed by atoms with van der Waals surface area (Å²) in [5, 5.41) is 18.5. The van der Waals surface area contributed by atoms with Crippen molar-refractivity contribution < 1.29 is 0 Å². The van der Waals surface area contributed by atoms with Crippen molar-refractivity contribution >= 4 is 21.8 Å². The monoisotopic (exact) mass is 258 g/mol. The molecule has 0 bridgehead atoms. The zero-order chi connectivity index (χ0) is 13.5. The Balaban J connectivity index is 1.96. The quantitative estimate of drug-likeness (QED) is 0.548. The van der Waals surface area contributed by atoms with Crippen LogP contribution in [0.1, 0.15) is 5.56 Å². The van der Waals surface area contributed by atoms with Gasteiger partial charge >= 0.3 is 0 Å². The van der Waals surface area contributed by atoms with E-state index in [9.17, 15) is 0 Å². The predicted octanol–water partition coefficient (Wildman–Crippen LogP) is 3.58. The number of benzene rings is 2. The third-order valence-corrected chi connectivity index (χ3v) is 3.48. The molecule has 0 saturated heterocycles. The molecule has 2 N–H and O–H groups in total. The van der Waals surface area contributed by atoms with Crippen LogP contribution in [0.15, 0.2) is 48.5 Å². The SMILES string of the molecule is N#Cc1ccc2[nH]c(-c3n[nH]c4ccccc34)cc2c1. The Labute approximate surface area is 114 Å². The Kier molecular flexibility index (Phi) is 2.15.